The van der Waals surface area contributed by atoms with Gasteiger partial charge in [-0.2, -0.15) is 61.3 Å². The molecule has 0 aliphatic carbocycles. The van der Waals surface area contributed by atoms with E-state index in [2.05, 4.69) is 69.6 Å². The van der Waals surface area contributed by atoms with Gasteiger partial charge in [0, 0.05) is 0 Å². The quantitative estimate of drug-likeness (QED) is 0.218. The van der Waals surface area contributed by atoms with Gasteiger partial charge in [0.1, 0.15) is 0 Å². The average molecular weight is 633 g/mol. The van der Waals surface area contributed by atoms with Crippen molar-refractivity contribution >= 4 is 33.5 Å². The molecule has 2 aromatic heterocycles. The molecule has 5 nitrogen and oxygen atoms in total. The molecule has 1 aliphatic rings. The molecule has 0 fully saturated rings. The second kappa shape index (κ2) is 9.79. The molecule has 35 heavy (non-hydrogen) atoms. The Morgan fingerprint density at radius 2 is 1.31 bits per heavy atom. The number of imidazole rings is 2. The van der Waals surface area contributed by atoms with E-state index in [1.54, 1.807) is 0 Å². The summed E-state index contributed by atoms with van der Waals surface area (Å²) in [6.07, 6.45) is 4.01. The van der Waals surface area contributed by atoms with Gasteiger partial charge in [0.15, 0.2) is 0 Å². The van der Waals surface area contributed by atoms with E-state index in [1.165, 1.54) is 0 Å². The zero-order valence-corrected chi connectivity index (χ0v) is 21.4. The number of nitrogens with zero attached hydrogens (tertiary/aromatic N) is 5. The van der Waals surface area contributed by atoms with Crippen LogP contribution in [0.2, 0.25) is 0 Å². The Balaban J connectivity index is 0.000000167. The molecule has 0 spiro atoms. The van der Waals surface area contributed by atoms with E-state index in [4.69, 9.17) is 4.98 Å². The summed E-state index contributed by atoms with van der Waals surface area (Å²) in [6, 6.07) is 39.0. The van der Waals surface area contributed by atoms with Gasteiger partial charge in [-0.1, -0.05) is 30.0 Å². The molecule has 0 bridgehead atoms. The van der Waals surface area contributed by atoms with Crippen LogP contribution in [0.3, 0.4) is 0 Å². The van der Waals surface area contributed by atoms with Gasteiger partial charge in [0.05, 0.1) is 22.1 Å². The first-order valence-corrected chi connectivity index (χ1v) is 11.1. The van der Waals surface area contributed by atoms with Crippen molar-refractivity contribution in [2.24, 2.45) is 0 Å². The molecule has 6 heteroatoms. The fraction of sp³-hybridized carbons (Fsp3) is 0.0345. The summed E-state index contributed by atoms with van der Waals surface area (Å²) in [5.74, 6) is 0.921. The fourth-order valence-corrected chi connectivity index (χ4v) is 4.25. The third-order valence-electron chi connectivity index (χ3n) is 5.78. The van der Waals surface area contributed by atoms with Gasteiger partial charge in [-0.05, 0) is 43.7 Å². The smallest absolute Gasteiger partial charge is 0.510 e. The topological polar surface area (TPSA) is 28.7 Å². The Morgan fingerprint density at radius 1 is 0.686 bits per heavy atom. The normalized spacial score (nSPS) is 12.7. The molecule has 1 aliphatic heterocycles. The molecule has 0 radical (unpaired) electrons. The minimum absolute atomic E-state index is 0. The maximum absolute atomic E-state index is 4.83. The van der Waals surface area contributed by atoms with Crippen molar-refractivity contribution in [3.05, 3.63) is 128 Å². The van der Waals surface area contributed by atoms with E-state index in [0.717, 1.165) is 39.2 Å². The zero-order valence-electron chi connectivity index (χ0n) is 19.0. The molecule has 6 aromatic rings. The van der Waals surface area contributed by atoms with Gasteiger partial charge in [-0.15, -0.1) is 11.8 Å². The molecule has 3 heterocycles. The van der Waals surface area contributed by atoms with Crippen LogP contribution in [0.1, 0.15) is 0 Å². The number of anilines is 1. The fourth-order valence-electron chi connectivity index (χ4n) is 4.25. The maximum atomic E-state index is 4.83. The van der Waals surface area contributed by atoms with E-state index >= 15 is 0 Å². The van der Waals surface area contributed by atoms with Crippen LogP contribution in [-0.2, 0) is 20.1 Å². The molecule has 7 rings (SSSR count). The van der Waals surface area contributed by atoms with Crippen molar-refractivity contribution in [3.8, 4) is 5.69 Å². The van der Waals surface area contributed by atoms with Crippen molar-refractivity contribution in [2.75, 3.05) is 11.9 Å². The first-order chi connectivity index (χ1) is 16.8. The van der Waals surface area contributed by atoms with Crippen LogP contribution in [0.4, 0.5) is 5.69 Å². The summed E-state index contributed by atoms with van der Waals surface area (Å²) >= 11 is 0. The van der Waals surface area contributed by atoms with Crippen LogP contribution in [-0.4, -0.2) is 25.9 Å². The summed E-state index contributed by atoms with van der Waals surface area (Å²) in [6.45, 7) is 2.01. The third-order valence-corrected chi connectivity index (χ3v) is 5.78. The number of para-hydroxylation sites is 6. The third kappa shape index (κ3) is 4.23. The van der Waals surface area contributed by atoms with Crippen LogP contribution in [0.5, 0.6) is 0 Å². The zero-order chi connectivity index (χ0) is 22.9. The van der Waals surface area contributed by atoms with E-state index in [-0.39, 0.29) is 20.1 Å². The minimum Gasteiger partial charge on any atom is -0.510 e. The molecule has 0 saturated heterocycles. The standard InChI is InChI=1S/C19H12N3.C10H10N2.Ir/c1-2-8-14(9-3-1)21-17-12-6-7-13-18(17)22-16-11-5-4-10-15(16)20-19(21)22;1-11-7-8-12(9-11)10-5-3-2-4-6-10;/h1-8,10-13H;2-5,7-9H,1H3;/q-1;-2;+3. The number of fused-ring (bicyclic) bond motifs is 5. The maximum Gasteiger partial charge on any atom is 3.00 e. The molecule has 0 amide bonds. The molecular formula is C29H22IrN5. The van der Waals surface area contributed by atoms with Crippen molar-refractivity contribution in [3.63, 3.8) is 0 Å². The number of hydrogen-bond acceptors (Lipinski definition) is 3. The SMILES string of the molecule is CN1C=CN(c2[c-]cccc2)[CH-]1.[Ir+3].[c-]1ccccc1-n1c2ccccc2n2c3ccccc3nc12. The molecule has 4 aromatic carbocycles. The second-order valence-electron chi connectivity index (χ2n) is 8.04. The summed E-state index contributed by atoms with van der Waals surface area (Å²) in [4.78, 5) is 8.86. The van der Waals surface area contributed by atoms with Crippen LogP contribution < -0.4 is 4.90 Å². The van der Waals surface area contributed by atoms with E-state index in [9.17, 15) is 0 Å². The molecule has 172 valence electrons. The molecular weight excluding hydrogens is 611 g/mol. The second-order valence-corrected chi connectivity index (χ2v) is 8.04. The van der Waals surface area contributed by atoms with Gasteiger partial charge in [0.2, 0.25) is 5.78 Å². The Hall–Kier alpha value is -3.86. The monoisotopic (exact) mass is 633 g/mol. The van der Waals surface area contributed by atoms with Gasteiger partial charge in [0.25, 0.3) is 0 Å². The Bertz CT molecular complexity index is 1600. The van der Waals surface area contributed by atoms with Gasteiger partial charge >= 0.3 is 20.1 Å². The first-order valence-electron chi connectivity index (χ1n) is 11.1. The van der Waals surface area contributed by atoms with Crippen molar-refractivity contribution < 1.29 is 20.1 Å². The number of hydrogen-bond donors (Lipinski definition) is 0. The molecule has 0 unspecified atom stereocenters. The first kappa shape index (κ1) is 22.9. The van der Waals surface area contributed by atoms with Crippen LogP contribution >= 0.6 is 0 Å². The average Bonchev–Trinajstić information content (AvgIpc) is 3.58. The summed E-state index contributed by atoms with van der Waals surface area (Å²) in [7, 11) is 2.00. The summed E-state index contributed by atoms with van der Waals surface area (Å²) in [5.41, 5.74) is 6.50. The van der Waals surface area contributed by atoms with Crippen molar-refractivity contribution in [2.45, 2.75) is 0 Å². The summed E-state index contributed by atoms with van der Waals surface area (Å²) in [5, 5.41) is 0. The predicted octanol–water partition coefficient (Wildman–Crippen LogP) is 6.06. The van der Waals surface area contributed by atoms with Crippen LogP contribution in [0.15, 0.2) is 109 Å². The van der Waals surface area contributed by atoms with Gasteiger partial charge < -0.3 is 14.4 Å². The van der Waals surface area contributed by atoms with Crippen molar-refractivity contribution in [1.29, 1.82) is 0 Å². The van der Waals surface area contributed by atoms with E-state index in [0.29, 0.717) is 0 Å². The Morgan fingerprint density at radius 3 is 1.97 bits per heavy atom. The Kier molecular flexibility index (Phi) is 6.40. The van der Waals surface area contributed by atoms with Crippen LogP contribution in [0, 0.1) is 18.8 Å². The van der Waals surface area contributed by atoms with Crippen LogP contribution in [0.25, 0.3) is 33.5 Å². The molecule has 0 saturated carbocycles. The predicted molar refractivity (Wildman–Crippen MR) is 137 cm³/mol. The molecule has 0 atom stereocenters. The number of benzene rings is 4. The largest absolute Gasteiger partial charge is 3.00 e. The number of aromatic nitrogens is 3. The number of rotatable bonds is 2. The minimum atomic E-state index is 0. The van der Waals surface area contributed by atoms with E-state index in [1.807, 2.05) is 84.4 Å². The van der Waals surface area contributed by atoms with Gasteiger partial charge in [-0.25, -0.2) is 4.98 Å². The van der Waals surface area contributed by atoms with Crippen molar-refractivity contribution in [1.82, 2.24) is 18.9 Å². The van der Waals surface area contributed by atoms with E-state index < -0.39 is 0 Å². The van der Waals surface area contributed by atoms with Gasteiger partial charge in [-0.3, -0.25) is 4.40 Å². The summed E-state index contributed by atoms with van der Waals surface area (Å²) < 4.78 is 4.38. The Labute approximate surface area is 217 Å². The molecule has 0 N–H and O–H groups in total.